The molecule has 0 saturated heterocycles. The molecule has 2 atom stereocenters. The lowest BCUT2D eigenvalue weighted by molar-refractivity contribution is 0.0911. The van der Waals surface area contributed by atoms with Crippen molar-refractivity contribution in [3.63, 3.8) is 0 Å². The largest absolute Gasteiger partial charge is 0.373 e. The molecule has 1 aliphatic rings. The van der Waals surface area contributed by atoms with Crippen molar-refractivity contribution in [2.45, 2.75) is 46.1 Å². The smallest absolute Gasteiger partial charge is 0.251 e. The fraction of sp³-hybridized carbons (Fsp3) is 0.625. The number of carbonyl (C=O) groups excluding carboxylic acids is 1. The van der Waals surface area contributed by atoms with E-state index in [0.717, 1.165) is 24.4 Å². The van der Waals surface area contributed by atoms with E-state index in [1.165, 1.54) is 6.42 Å². The molecule has 0 bridgehead atoms. The van der Waals surface area contributed by atoms with Crippen LogP contribution in [-0.4, -0.2) is 24.0 Å². The molecule has 0 radical (unpaired) electrons. The van der Waals surface area contributed by atoms with Crippen molar-refractivity contribution >= 4 is 11.7 Å². The van der Waals surface area contributed by atoms with E-state index >= 15 is 0 Å². The number of anilines is 1. The van der Waals surface area contributed by atoms with Gasteiger partial charge in [0.2, 0.25) is 0 Å². The third-order valence-electron chi connectivity index (χ3n) is 3.99. The first kappa shape index (κ1) is 14.8. The van der Waals surface area contributed by atoms with Crippen LogP contribution in [0.1, 0.15) is 49.2 Å². The van der Waals surface area contributed by atoms with Gasteiger partial charge in [-0.25, -0.2) is 4.98 Å². The molecule has 1 fully saturated rings. The van der Waals surface area contributed by atoms with Crippen molar-refractivity contribution in [3.05, 3.63) is 23.4 Å². The molecule has 20 heavy (non-hydrogen) atoms. The highest BCUT2D eigenvalue weighted by Crippen LogP contribution is 2.28. The maximum Gasteiger partial charge on any atom is 0.251 e. The Kier molecular flexibility index (Phi) is 4.63. The Balaban J connectivity index is 2.06. The number of nitrogens with one attached hydrogen (secondary N) is 2. The van der Waals surface area contributed by atoms with Crippen LogP contribution >= 0.6 is 0 Å². The van der Waals surface area contributed by atoms with Gasteiger partial charge in [-0.15, -0.1) is 0 Å². The van der Waals surface area contributed by atoms with E-state index in [2.05, 4.69) is 29.5 Å². The first-order chi connectivity index (χ1) is 9.47. The summed E-state index contributed by atoms with van der Waals surface area (Å²) < 4.78 is 0. The molecular formula is C16H25N3O. The Hall–Kier alpha value is -1.58. The summed E-state index contributed by atoms with van der Waals surface area (Å²) in [5, 5.41) is 6.17. The Morgan fingerprint density at radius 1 is 1.20 bits per heavy atom. The molecule has 1 amide bonds. The van der Waals surface area contributed by atoms with Crippen molar-refractivity contribution in [2.75, 3.05) is 12.4 Å². The van der Waals surface area contributed by atoms with Crippen molar-refractivity contribution in [1.82, 2.24) is 10.3 Å². The Morgan fingerprint density at radius 3 is 2.45 bits per heavy atom. The minimum Gasteiger partial charge on any atom is -0.373 e. The average Bonchev–Trinajstić information content (AvgIpc) is 2.36. The molecule has 0 aromatic carbocycles. The summed E-state index contributed by atoms with van der Waals surface area (Å²) in [5.74, 6) is 2.13. The molecule has 1 heterocycles. The molecule has 0 aliphatic heterocycles. The second-order valence-electron chi connectivity index (χ2n) is 6.22. The predicted molar refractivity (Wildman–Crippen MR) is 82.0 cm³/mol. The van der Waals surface area contributed by atoms with Gasteiger partial charge in [-0.05, 0) is 50.2 Å². The summed E-state index contributed by atoms with van der Waals surface area (Å²) in [7, 11) is 1.81. The molecular weight excluding hydrogens is 250 g/mol. The lowest BCUT2D eigenvalue weighted by Gasteiger charge is -2.32. The second kappa shape index (κ2) is 6.25. The first-order valence-corrected chi connectivity index (χ1v) is 7.45. The van der Waals surface area contributed by atoms with Gasteiger partial charge in [0.05, 0.1) is 0 Å². The van der Waals surface area contributed by atoms with Crippen LogP contribution in [0.25, 0.3) is 0 Å². The van der Waals surface area contributed by atoms with Crippen molar-refractivity contribution in [1.29, 1.82) is 0 Å². The van der Waals surface area contributed by atoms with Crippen LogP contribution in [0.3, 0.4) is 0 Å². The molecule has 2 rings (SSSR count). The average molecular weight is 275 g/mol. The summed E-state index contributed by atoms with van der Waals surface area (Å²) in [5.41, 5.74) is 1.54. The molecule has 2 unspecified atom stereocenters. The molecule has 4 nitrogen and oxygen atoms in total. The highest BCUT2D eigenvalue weighted by molar-refractivity contribution is 5.95. The maximum atomic E-state index is 12.4. The third kappa shape index (κ3) is 3.71. The first-order valence-electron chi connectivity index (χ1n) is 7.45. The van der Waals surface area contributed by atoms with E-state index in [-0.39, 0.29) is 5.91 Å². The van der Waals surface area contributed by atoms with Gasteiger partial charge in [-0.3, -0.25) is 4.79 Å². The van der Waals surface area contributed by atoms with Gasteiger partial charge >= 0.3 is 0 Å². The Bertz CT molecular complexity index is 477. The topological polar surface area (TPSA) is 54.0 Å². The number of aryl methyl sites for hydroxylation is 1. The summed E-state index contributed by atoms with van der Waals surface area (Å²) in [6.07, 6.45) is 3.43. The van der Waals surface area contributed by atoms with Gasteiger partial charge in [0.15, 0.2) is 0 Å². The van der Waals surface area contributed by atoms with Gasteiger partial charge in [0.1, 0.15) is 5.82 Å². The summed E-state index contributed by atoms with van der Waals surface area (Å²) in [6, 6.07) is 3.94. The van der Waals surface area contributed by atoms with Crippen molar-refractivity contribution < 1.29 is 4.79 Å². The number of hydrogen-bond donors (Lipinski definition) is 2. The zero-order valence-corrected chi connectivity index (χ0v) is 12.9. The molecule has 1 aliphatic carbocycles. The number of amides is 1. The molecule has 110 valence electrons. The fourth-order valence-electron chi connectivity index (χ4n) is 3.26. The number of rotatable bonds is 3. The van der Waals surface area contributed by atoms with Gasteiger partial charge in [-0.2, -0.15) is 0 Å². The standard InChI is InChI=1S/C16H25N3O/c1-10-5-11(2)7-14(6-10)19-16(20)13-8-12(3)18-15(9-13)17-4/h8-11,14H,5-7H2,1-4H3,(H,17,18)(H,19,20). The zero-order valence-electron chi connectivity index (χ0n) is 12.9. The summed E-state index contributed by atoms with van der Waals surface area (Å²) >= 11 is 0. The van der Waals surface area contributed by atoms with Crippen LogP contribution in [0.15, 0.2) is 12.1 Å². The van der Waals surface area contributed by atoms with Crippen LogP contribution in [0.2, 0.25) is 0 Å². The number of aromatic nitrogens is 1. The Morgan fingerprint density at radius 2 is 1.85 bits per heavy atom. The van der Waals surface area contributed by atoms with Crippen LogP contribution in [0.5, 0.6) is 0 Å². The number of hydrogen-bond acceptors (Lipinski definition) is 3. The van der Waals surface area contributed by atoms with Crippen LogP contribution < -0.4 is 10.6 Å². The molecule has 2 N–H and O–H groups in total. The van der Waals surface area contributed by atoms with E-state index in [1.807, 2.05) is 20.0 Å². The third-order valence-corrected chi connectivity index (χ3v) is 3.99. The maximum absolute atomic E-state index is 12.4. The summed E-state index contributed by atoms with van der Waals surface area (Å²) in [4.78, 5) is 16.7. The molecule has 4 heteroatoms. The molecule has 1 aromatic heterocycles. The zero-order chi connectivity index (χ0) is 14.7. The van der Waals surface area contributed by atoms with Gasteiger partial charge < -0.3 is 10.6 Å². The predicted octanol–water partition coefficient (Wildman–Crippen LogP) is 2.99. The van der Waals surface area contributed by atoms with Crippen LogP contribution in [0, 0.1) is 18.8 Å². The van der Waals surface area contributed by atoms with E-state index in [9.17, 15) is 4.79 Å². The van der Waals surface area contributed by atoms with E-state index < -0.39 is 0 Å². The van der Waals surface area contributed by atoms with Crippen molar-refractivity contribution in [3.8, 4) is 0 Å². The SMILES string of the molecule is CNc1cc(C(=O)NC2CC(C)CC(C)C2)cc(C)n1. The lowest BCUT2D eigenvalue weighted by Crippen LogP contribution is -2.40. The molecule has 1 aromatic rings. The Labute approximate surface area is 121 Å². The highest BCUT2D eigenvalue weighted by atomic mass is 16.1. The van der Waals surface area contributed by atoms with E-state index in [1.54, 1.807) is 6.07 Å². The number of nitrogens with zero attached hydrogens (tertiary/aromatic N) is 1. The normalized spacial score (nSPS) is 26.1. The lowest BCUT2D eigenvalue weighted by atomic mass is 9.80. The van der Waals surface area contributed by atoms with Crippen molar-refractivity contribution in [2.24, 2.45) is 11.8 Å². The number of carbonyl (C=O) groups is 1. The quantitative estimate of drug-likeness (QED) is 0.891. The van der Waals surface area contributed by atoms with E-state index in [0.29, 0.717) is 23.4 Å². The fourth-order valence-corrected chi connectivity index (χ4v) is 3.26. The molecule has 1 saturated carbocycles. The molecule has 0 spiro atoms. The number of pyridine rings is 1. The van der Waals surface area contributed by atoms with Gasteiger partial charge in [0, 0.05) is 24.3 Å². The highest BCUT2D eigenvalue weighted by Gasteiger charge is 2.25. The second-order valence-corrected chi connectivity index (χ2v) is 6.22. The van der Waals surface area contributed by atoms with Crippen LogP contribution in [0.4, 0.5) is 5.82 Å². The monoisotopic (exact) mass is 275 g/mol. The van der Waals surface area contributed by atoms with E-state index in [4.69, 9.17) is 0 Å². The minimum absolute atomic E-state index is 0.0123. The van der Waals surface area contributed by atoms with Gasteiger partial charge in [-0.1, -0.05) is 13.8 Å². The summed E-state index contributed by atoms with van der Waals surface area (Å²) in [6.45, 7) is 6.44. The van der Waals surface area contributed by atoms with Gasteiger partial charge in [0.25, 0.3) is 5.91 Å². The minimum atomic E-state index is 0.0123. The van der Waals surface area contributed by atoms with Crippen LogP contribution in [-0.2, 0) is 0 Å².